The first-order valence-electron chi connectivity index (χ1n) is 6.78. The fraction of sp³-hybridized carbons (Fsp3) is 0.500. The van der Waals surface area contributed by atoms with Crippen molar-refractivity contribution in [3.63, 3.8) is 0 Å². The van der Waals surface area contributed by atoms with E-state index in [1.54, 1.807) is 0 Å². The van der Waals surface area contributed by atoms with Gasteiger partial charge in [0.25, 0.3) is 0 Å². The third-order valence-electron chi connectivity index (χ3n) is 3.58. The summed E-state index contributed by atoms with van der Waals surface area (Å²) in [6, 6.07) is 8.22. The van der Waals surface area contributed by atoms with Crippen LogP contribution in [0.3, 0.4) is 0 Å². The van der Waals surface area contributed by atoms with E-state index in [-0.39, 0.29) is 5.41 Å². The average molecular weight is 260 g/mol. The van der Waals surface area contributed by atoms with Gasteiger partial charge in [0.15, 0.2) is 0 Å². The molecular weight excluding hydrogens is 236 g/mol. The summed E-state index contributed by atoms with van der Waals surface area (Å²) >= 11 is 0. The van der Waals surface area contributed by atoms with Gasteiger partial charge in [0, 0.05) is 24.0 Å². The minimum absolute atomic E-state index is 0.141. The molecule has 0 aliphatic carbocycles. The van der Waals surface area contributed by atoms with E-state index in [9.17, 15) is 0 Å². The number of nitrogens with two attached hydrogens (primary N) is 1. The summed E-state index contributed by atoms with van der Waals surface area (Å²) in [7, 11) is 2.14. The second-order valence-electron chi connectivity index (χ2n) is 6.17. The third-order valence-corrected chi connectivity index (χ3v) is 3.58. The maximum atomic E-state index is 5.81. The molecule has 1 aromatic carbocycles. The van der Waals surface area contributed by atoms with Crippen molar-refractivity contribution in [1.29, 1.82) is 0 Å². The van der Waals surface area contributed by atoms with Gasteiger partial charge in [0.2, 0.25) is 0 Å². The van der Waals surface area contributed by atoms with E-state index in [1.807, 2.05) is 19.1 Å². The van der Waals surface area contributed by atoms with Crippen molar-refractivity contribution in [3.8, 4) is 0 Å². The lowest BCUT2D eigenvalue weighted by Crippen LogP contribution is -2.36. The molecule has 0 saturated heterocycles. The molecule has 0 spiro atoms. The van der Waals surface area contributed by atoms with Crippen LogP contribution in [0, 0.1) is 12.3 Å². The lowest BCUT2D eigenvalue weighted by atomic mass is 9.93. The van der Waals surface area contributed by atoms with Gasteiger partial charge >= 0.3 is 0 Å². The Morgan fingerprint density at radius 1 is 1.26 bits per heavy atom. The Kier molecular flexibility index (Phi) is 3.97. The van der Waals surface area contributed by atoms with Crippen molar-refractivity contribution < 1.29 is 4.42 Å². The molecule has 2 N–H and O–H groups in total. The van der Waals surface area contributed by atoms with E-state index in [0.29, 0.717) is 6.54 Å². The summed E-state index contributed by atoms with van der Waals surface area (Å²) in [5.74, 6) is 1.01. The van der Waals surface area contributed by atoms with Gasteiger partial charge in [0.05, 0.1) is 0 Å². The number of benzene rings is 1. The van der Waals surface area contributed by atoms with E-state index in [4.69, 9.17) is 10.2 Å². The van der Waals surface area contributed by atoms with Crippen LogP contribution < -0.4 is 5.73 Å². The fourth-order valence-corrected chi connectivity index (χ4v) is 2.54. The lowest BCUT2D eigenvalue weighted by Gasteiger charge is -2.28. The molecule has 0 aliphatic heterocycles. The largest absolute Gasteiger partial charge is 0.461 e. The second-order valence-corrected chi connectivity index (χ2v) is 6.17. The van der Waals surface area contributed by atoms with E-state index in [0.717, 1.165) is 24.4 Å². The van der Waals surface area contributed by atoms with Crippen LogP contribution in [-0.2, 0) is 6.54 Å². The highest BCUT2D eigenvalue weighted by Crippen LogP contribution is 2.27. The number of aryl methyl sites for hydroxylation is 1. The first kappa shape index (κ1) is 14.1. The van der Waals surface area contributed by atoms with Gasteiger partial charge in [0.1, 0.15) is 11.3 Å². The van der Waals surface area contributed by atoms with E-state index in [2.05, 4.69) is 37.9 Å². The number of nitrogens with zero attached hydrogens (tertiary/aromatic N) is 1. The molecule has 0 radical (unpaired) electrons. The van der Waals surface area contributed by atoms with Gasteiger partial charge < -0.3 is 15.1 Å². The maximum absolute atomic E-state index is 5.81. The van der Waals surface area contributed by atoms with Crippen LogP contribution in [0.5, 0.6) is 0 Å². The summed E-state index contributed by atoms with van der Waals surface area (Å²) < 4.78 is 5.81. The van der Waals surface area contributed by atoms with Gasteiger partial charge in [-0.25, -0.2) is 0 Å². The number of hydrogen-bond donors (Lipinski definition) is 1. The molecule has 1 heterocycles. The smallest absolute Gasteiger partial charge is 0.134 e. The predicted octanol–water partition coefficient (Wildman–Crippen LogP) is 3.16. The van der Waals surface area contributed by atoms with Crippen LogP contribution >= 0.6 is 0 Å². The van der Waals surface area contributed by atoms with Crippen molar-refractivity contribution in [2.24, 2.45) is 11.1 Å². The summed E-state index contributed by atoms with van der Waals surface area (Å²) in [5.41, 5.74) is 8.20. The number of furan rings is 1. The van der Waals surface area contributed by atoms with E-state index >= 15 is 0 Å². The first-order chi connectivity index (χ1) is 8.93. The Morgan fingerprint density at radius 2 is 1.95 bits per heavy atom. The molecule has 1 aromatic heterocycles. The molecule has 19 heavy (non-hydrogen) atoms. The normalized spacial score (nSPS) is 12.5. The van der Waals surface area contributed by atoms with Gasteiger partial charge in [-0.3, -0.25) is 0 Å². The predicted molar refractivity (Wildman–Crippen MR) is 80.1 cm³/mol. The Labute approximate surface area is 115 Å². The SMILES string of the molecule is Cc1oc2ccccc2c1CN(C)CC(C)(C)CN. The van der Waals surface area contributed by atoms with Crippen molar-refractivity contribution in [1.82, 2.24) is 4.90 Å². The molecule has 0 atom stereocenters. The zero-order valence-corrected chi connectivity index (χ0v) is 12.4. The summed E-state index contributed by atoms with van der Waals surface area (Å²) in [4.78, 5) is 2.32. The summed E-state index contributed by atoms with van der Waals surface area (Å²) in [6.45, 7) is 9.00. The summed E-state index contributed by atoms with van der Waals surface area (Å²) in [5, 5.41) is 1.22. The van der Waals surface area contributed by atoms with Crippen LogP contribution in [-0.4, -0.2) is 25.0 Å². The number of fused-ring (bicyclic) bond motifs is 1. The standard InChI is InChI=1S/C16H24N2O/c1-12-14(9-18(4)11-16(2,3)10-17)13-7-5-6-8-15(13)19-12/h5-8H,9-11,17H2,1-4H3. The van der Waals surface area contributed by atoms with Crippen molar-refractivity contribution in [2.75, 3.05) is 20.1 Å². The molecule has 0 unspecified atom stereocenters. The second kappa shape index (κ2) is 5.35. The van der Waals surface area contributed by atoms with Gasteiger partial charge in [-0.15, -0.1) is 0 Å². The van der Waals surface area contributed by atoms with Crippen LogP contribution in [0.2, 0.25) is 0 Å². The van der Waals surface area contributed by atoms with Crippen LogP contribution in [0.15, 0.2) is 28.7 Å². The third kappa shape index (κ3) is 3.17. The molecule has 0 amide bonds. The lowest BCUT2D eigenvalue weighted by molar-refractivity contribution is 0.209. The van der Waals surface area contributed by atoms with Gasteiger partial charge in [-0.2, -0.15) is 0 Å². The summed E-state index contributed by atoms with van der Waals surface area (Å²) in [6.07, 6.45) is 0. The highest BCUT2D eigenvalue weighted by Gasteiger charge is 2.20. The Balaban J connectivity index is 2.19. The van der Waals surface area contributed by atoms with Crippen molar-refractivity contribution in [2.45, 2.75) is 27.3 Å². The van der Waals surface area contributed by atoms with Gasteiger partial charge in [-0.05, 0) is 32.0 Å². The molecule has 3 heteroatoms. The topological polar surface area (TPSA) is 42.4 Å². The quantitative estimate of drug-likeness (QED) is 0.898. The molecule has 0 aliphatic rings. The molecule has 0 bridgehead atoms. The molecule has 2 rings (SSSR count). The van der Waals surface area contributed by atoms with Crippen LogP contribution in [0.1, 0.15) is 25.2 Å². The van der Waals surface area contributed by atoms with Crippen molar-refractivity contribution in [3.05, 3.63) is 35.6 Å². The van der Waals surface area contributed by atoms with E-state index in [1.165, 1.54) is 10.9 Å². The molecule has 3 nitrogen and oxygen atoms in total. The monoisotopic (exact) mass is 260 g/mol. The zero-order chi connectivity index (χ0) is 14.0. The first-order valence-corrected chi connectivity index (χ1v) is 6.78. The average Bonchev–Trinajstić information content (AvgIpc) is 2.66. The molecule has 0 fully saturated rings. The number of hydrogen-bond acceptors (Lipinski definition) is 3. The molecule has 2 aromatic rings. The highest BCUT2D eigenvalue weighted by molar-refractivity contribution is 5.82. The maximum Gasteiger partial charge on any atom is 0.134 e. The Bertz CT molecular complexity index is 557. The Hall–Kier alpha value is -1.32. The van der Waals surface area contributed by atoms with Gasteiger partial charge in [-0.1, -0.05) is 32.0 Å². The van der Waals surface area contributed by atoms with E-state index < -0.39 is 0 Å². The molecular formula is C16H24N2O. The molecule has 0 saturated carbocycles. The fourth-order valence-electron chi connectivity index (χ4n) is 2.54. The van der Waals surface area contributed by atoms with Crippen LogP contribution in [0.25, 0.3) is 11.0 Å². The Morgan fingerprint density at radius 3 is 2.63 bits per heavy atom. The minimum Gasteiger partial charge on any atom is -0.461 e. The number of para-hydroxylation sites is 1. The van der Waals surface area contributed by atoms with Crippen LogP contribution in [0.4, 0.5) is 0 Å². The minimum atomic E-state index is 0.141. The molecule has 104 valence electrons. The highest BCUT2D eigenvalue weighted by atomic mass is 16.3. The number of rotatable bonds is 5. The zero-order valence-electron chi connectivity index (χ0n) is 12.4. The van der Waals surface area contributed by atoms with Crippen molar-refractivity contribution >= 4 is 11.0 Å².